The maximum Gasteiger partial charge on any atom is 0.255 e. The Morgan fingerprint density at radius 3 is 2.52 bits per heavy atom. The quantitative estimate of drug-likeness (QED) is 0.710. The standard InChI is InChI=1S/C22H24N4O2.ClH/c1-22(2)10-13-25-20(28)14-18(16-8-11-23-12-9-16)24-21(25)26(22)15-19(27)17-6-4-3-5-7-17;/h3-9,11-12,14,19,27H,10,13,15H2,1-2H3;1H/t19-;/m1./s1. The maximum absolute atomic E-state index is 12.8. The summed E-state index contributed by atoms with van der Waals surface area (Å²) in [5, 5.41) is 10.8. The zero-order valence-corrected chi connectivity index (χ0v) is 17.3. The van der Waals surface area contributed by atoms with E-state index in [-0.39, 0.29) is 23.5 Å². The lowest BCUT2D eigenvalue weighted by Crippen LogP contribution is -2.53. The van der Waals surface area contributed by atoms with Gasteiger partial charge in [0.15, 0.2) is 0 Å². The van der Waals surface area contributed by atoms with E-state index in [0.717, 1.165) is 17.5 Å². The van der Waals surface area contributed by atoms with Gasteiger partial charge >= 0.3 is 0 Å². The average Bonchev–Trinajstić information content (AvgIpc) is 2.71. The van der Waals surface area contributed by atoms with E-state index in [4.69, 9.17) is 4.98 Å². The van der Waals surface area contributed by atoms with Crippen LogP contribution in [-0.4, -0.2) is 31.7 Å². The predicted octanol–water partition coefficient (Wildman–Crippen LogP) is 3.45. The van der Waals surface area contributed by atoms with Gasteiger partial charge in [0, 0.05) is 36.1 Å². The van der Waals surface area contributed by atoms with Crippen molar-refractivity contribution in [2.75, 3.05) is 11.4 Å². The summed E-state index contributed by atoms with van der Waals surface area (Å²) in [7, 11) is 0. The minimum absolute atomic E-state index is 0. The lowest BCUT2D eigenvalue weighted by molar-refractivity contribution is 0.169. The van der Waals surface area contributed by atoms with Gasteiger partial charge in [0.1, 0.15) is 0 Å². The summed E-state index contributed by atoms with van der Waals surface area (Å²) in [6, 6.07) is 14.8. The van der Waals surface area contributed by atoms with Crippen LogP contribution in [0.4, 0.5) is 5.95 Å². The first kappa shape index (κ1) is 21.0. The number of anilines is 1. The lowest BCUT2D eigenvalue weighted by Gasteiger charge is -2.45. The summed E-state index contributed by atoms with van der Waals surface area (Å²) < 4.78 is 1.70. The Bertz CT molecular complexity index is 1020. The van der Waals surface area contributed by atoms with Gasteiger partial charge < -0.3 is 10.0 Å². The van der Waals surface area contributed by atoms with Crippen LogP contribution < -0.4 is 10.5 Å². The van der Waals surface area contributed by atoms with Crippen molar-refractivity contribution in [3.05, 3.63) is 76.8 Å². The molecule has 0 bridgehead atoms. The molecule has 2 aromatic heterocycles. The van der Waals surface area contributed by atoms with Crippen LogP contribution in [0.1, 0.15) is 31.9 Å². The van der Waals surface area contributed by atoms with Crippen molar-refractivity contribution in [1.82, 2.24) is 14.5 Å². The van der Waals surface area contributed by atoms with Crippen LogP contribution in [-0.2, 0) is 6.54 Å². The number of aromatic nitrogens is 3. The number of benzene rings is 1. The topological polar surface area (TPSA) is 71.2 Å². The van der Waals surface area contributed by atoms with Crippen LogP contribution in [0.3, 0.4) is 0 Å². The Balaban J connectivity index is 0.00000240. The molecule has 1 aliphatic rings. The first-order chi connectivity index (χ1) is 13.5. The molecule has 152 valence electrons. The molecular weight excluding hydrogens is 388 g/mol. The van der Waals surface area contributed by atoms with Gasteiger partial charge in [-0.1, -0.05) is 30.3 Å². The Morgan fingerprint density at radius 2 is 1.83 bits per heavy atom. The number of pyridine rings is 1. The molecule has 3 heterocycles. The van der Waals surface area contributed by atoms with E-state index in [2.05, 4.69) is 23.7 Å². The van der Waals surface area contributed by atoms with E-state index in [0.29, 0.717) is 24.7 Å². The third kappa shape index (κ3) is 4.18. The number of hydrogen-bond acceptors (Lipinski definition) is 5. The highest BCUT2D eigenvalue weighted by Gasteiger charge is 2.36. The smallest absolute Gasteiger partial charge is 0.255 e. The van der Waals surface area contributed by atoms with E-state index in [1.54, 1.807) is 23.0 Å². The second-order valence-corrected chi connectivity index (χ2v) is 7.77. The van der Waals surface area contributed by atoms with E-state index in [1.807, 2.05) is 42.5 Å². The third-order valence-corrected chi connectivity index (χ3v) is 5.42. The molecule has 0 fully saturated rings. The molecule has 0 unspecified atom stereocenters. The van der Waals surface area contributed by atoms with Crippen molar-refractivity contribution in [2.45, 2.75) is 38.5 Å². The summed E-state index contributed by atoms with van der Waals surface area (Å²) in [6.45, 7) is 5.23. The summed E-state index contributed by atoms with van der Waals surface area (Å²) in [4.78, 5) is 23.7. The molecule has 3 aromatic rings. The zero-order chi connectivity index (χ0) is 19.7. The first-order valence-electron chi connectivity index (χ1n) is 9.49. The van der Waals surface area contributed by atoms with Crippen LogP contribution in [0.2, 0.25) is 0 Å². The Hall–Kier alpha value is -2.70. The fourth-order valence-electron chi connectivity index (χ4n) is 3.65. The molecule has 0 amide bonds. The van der Waals surface area contributed by atoms with Gasteiger partial charge in [-0.2, -0.15) is 0 Å². The number of aliphatic hydroxyl groups is 1. The van der Waals surface area contributed by atoms with Crippen LogP contribution in [0, 0.1) is 0 Å². The van der Waals surface area contributed by atoms with Crippen LogP contribution >= 0.6 is 12.4 Å². The summed E-state index contributed by atoms with van der Waals surface area (Å²) >= 11 is 0. The largest absolute Gasteiger partial charge is 0.387 e. The predicted molar refractivity (Wildman–Crippen MR) is 116 cm³/mol. The van der Waals surface area contributed by atoms with Crippen molar-refractivity contribution in [3.8, 4) is 11.3 Å². The molecule has 7 heteroatoms. The van der Waals surface area contributed by atoms with Gasteiger partial charge in [-0.05, 0) is 38.0 Å². The molecule has 0 spiro atoms. The van der Waals surface area contributed by atoms with Gasteiger partial charge in [-0.15, -0.1) is 12.4 Å². The molecule has 29 heavy (non-hydrogen) atoms. The van der Waals surface area contributed by atoms with E-state index in [9.17, 15) is 9.90 Å². The van der Waals surface area contributed by atoms with Gasteiger partial charge in [0.2, 0.25) is 5.95 Å². The van der Waals surface area contributed by atoms with Crippen LogP contribution in [0.25, 0.3) is 11.3 Å². The van der Waals surface area contributed by atoms with Gasteiger partial charge in [0.05, 0.1) is 18.3 Å². The highest BCUT2D eigenvalue weighted by Crippen LogP contribution is 2.33. The van der Waals surface area contributed by atoms with Crippen molar-refractivity contribution >= 4 is 18.4 Å². The fourth-order valence-corrected chi connectivity index (χ4v) is 3.65. The molecule has 0 saturated heterocycles. The Morgan fingerprint density at radius 1 is 1.14 bits per heavy atom. The van der Waals surface area contributed by atoms with Crippen molar-refractivity contribution in [2.24, 2.45) is 0 Å². The number of aliphatic hydroxyl groups excluding tert-OH is 1. The zero-order valence-electron chi connectivity index (χ0n) is 16.5. The van der Waals surface area contributed by atoms with E-state index < -0.39 is 6.10 Å². The minimum atomic E-state index is -0.673. The molecule has 1 N–H and O–H groups in total. The van der Waals surface area contributed by atoms with Gasteiger partial charge in [0.25, 0.3) is 5.56 Å². The molecule has 0 saturated carbocycles. The van der Waals surface area contributed by atoms with Crippen LogP contribution in [0.5, 0.6) is 0 Å². The average molecular weight is 413 g/mol. The summed E-state index contributed by atoms with van der Waals surface area (Å²) in [5.41, 5.74) is 2.01. The number of halogens is 1. The molecule has 1 atom stereocenters. The molecule has 1 aromatic carbocycles. The fraction of sp³-hybridized carbons (Fsp3) is 0.318. The van der Waals surface area contributed by atoms with Crippen molar-refractivity contribution in [3.63, 3.8) is 0 Å². The van der Waals surface area contributed by atoms with Crippen LogP contribution in [0.15, 0.2) is 65.7 Å². The number of fused-ring (bicyclic) bond motifs is 1. The second kappa shape index (κ2) is 8.35. The van der Waals surface area contributed by atoms with Gasteiger partial charge in [-0.3, -0.25) is 14.3 Å². The highest BCUT2D eigenvalue weighted by atomic mass is 35.5. The maximum atomic E-state index is 12.8. The van der Waals surface area contributed by atoms with E-state index in [1.165, 1.54) is 0 Å². The Kier molecular flexibility index (Phi) is 6.05. The number of nitrogens with zero attached hydrogens (tertiary/aromatic N) is 4. The lowest BCUT2D eigenvalue weighted by atomic mass is 9.95. The first-order valence-corrected chi connectivity index (χ1v) is 9.49. The van der Waals surface area contributed by atoms with Crippen molar-refractivity contribution in [1.29, 1.82) is 0 Å². The monoisotopic (exact) mass is 412 g/mol. The number of β-amino-alcohol motifs (C(OH)–C–C–N with tert-alkyl or cyclic N) is 1. The number of rotatable bonds is 4. The molecule has 4 rings (SSSR count). The molecule has 0 radical (unpaired) electrons. The molecule has 1 aliphatic heterocycles. The van der Waals surface area contributed by atoms with Crippen molar-refractivity contribution < 1.29 is 5.11 Å². The van der Waals surface area contributed by atoms with E-state index >= 15 is 0 Å². The highest BCUT2D eigenvalue weighted by molar-refractivity contribution is 5.85. The second-order valence-electron chi connectivity index (χ2n) is 7.77. The summed E-state index contributed by atoms with van der Waals surface area (Å²) in [5.74, 6) is 0.602. The minimum Gasteiger partial charge on any atom is -0.387 e. The SMILES string of the molecule is CC1(C)CCn2c(nc(-c3ccncc3)cc2=O)N1C[C@@H](O)c1ccccc1.Cl. The number of hydrogen-bond donors (Lipinski definition) is 1. The molecule has 6 nitrogen and oxygen atoms in total. The van der Waals surface area contributed by atoms with Gasteiger partial charge in [-0.25, -0.2) is 4.98 Å². The summed E-state index contributed by atoms with van der Waals surface area (Å²) in [6.07, 6.45) is 3.51. The molecular formula is C22H25ClN4O2. The Labute approximate surface area is 176 Å². The normalized spacial score (nSPS) is 15.9. The molecule has 0 aliphatic carbocycles. The third-order valence-electron chi connectivity index (χ3n) is 5.42.